The number of fused-ring (bicyclic) bond motifs is 1. The molecule has 0 saturated heterocycles. The van der Waals surface area contributed by atoms with E-state index in [-0.39, 0.29) is 17.8 Å². The molecule has 0 spiro atoms. The summed E-state index contributed by atoms with van der Waals surface area (Å²) >= 11 is 1.35. The van der Waals surface area contributed by atoms with Crippen molar-refractivity contribution in [3.05, 3.63) is 53.5 Å². The molecule has 9 heteroatoms. The smallest absolute Gasteiger partial charge is 0.292 e. The Bertz CT molecular complexity index is 886. The Labute approximate surface area is 180 Å². The Balaban J connectivity index is 1.39. The van der Waals surface area contributed by atoms with Gasteiger partial charge in [-0.25, -0.2) is 14.8 Å². The maximum absolute atomic E-state index is 12.3. The second-order valence-corrected chi connectivity index (χ2v) is 7.78. The molecule has 2 heterocycles. The van der Waals surface area contributed by atoms with Crippen molar-refractivity contribution < 1.29 is 14.4 Å². The van der Waals surface area contributed by atoms with E-state index in [9.17, 15) is 14.4 Å². The van der Waals surface area contributed by atoms with Gasteiger partial charge in [0.15, 0.2) is 0 Å². The molecule has 4 amide bonds. The molecule has 0 unspecified atom stereocenters. The summed E-state index contributed by atoms with van der Waals surface area (Å²) in [5.74, 6) is 1.53. The first-order chi connectivity index (χ1) is 14.6. The second-order valence-electron chi connectivity index (χ2n) is 6.88. The van der Waals surface area contributed by atoms with E-state index < -0.39 is 0 Å². The largest absolute Gasteiger partial charge is 0.330 e. The molecule has 0 fully saturated rings. The van der Waals surface area contributed by atoms with Gasteiger partial charge in [-0.2, -0.15) is 0 Å². The Kier molecular flexibility index (Phi) is 7.78. The molecule has 0 saturated carbocycles. The summed E-state index contributed by atoms with van der Waals surface area (Å²) in [6, 6.07) is 8.26. The topological polar surface area (TPSA) is 104 Å². The van der Waals surface area contributed by atoms with Crippen LogP contribution >= 0.6 is 11.9 Å². The predicted molar refractivity (Wildman–Crippen MR) is 116 cm³/mol. The van der Waals surface area contributed by atoms with Gasteiger partial charge in [0, 0.05) is 24.9 Å². The molecular formula is C21H25N5O3S. The molecule has 0 bridgehead atoms. The number of aromatic nitrogens is 2. The number of carbonyl (C=O) groups excluding carboxylic acids is 3. The molecule has 158 valence electrons. The van der Waals surface area contributed by atoms with Gasteiger partial charge >= 0.3 is 6.03 Å². The van der Waals surface area contributed by atoms with E-state index in [4.69, 9.17) is 0 Å². The van der Waals surface area contributed by atoms with Gasteiger partial charge in [-0.3, -0.25) is 24.5 Å². The fourth-order valence-corrected chi connectivity index (χ4v) is 3.61. The highest BCUT2D eigenvalue weighted by Gasteiger charge is 2.34. The Morgan fingerprint density at radius 2 is 1.80 bits per heavy atom. The van der Waals surface area contributed by atoms with Crippen LogP contribution < -0.4 is 10.0 Å². The van der Waals surface area contributed by atoms with Gasteiger partial charge in [-0.05, 0) is 49.4 Å². The van der Waals surface area contributed by atoms with Gasteiger partial charge in [0.25, 0.3) is 11.8 Å². The summed E-state index contributed by atoms with van der Waals surface area (Å²) in [6.07, 6.45) is 5.64. The van der Waals surface area contributed by atoms with Gasteiger partial charge in [0.2, 0.25) is 0 Å². The van der Waals surface area contributed by atoms with Gasteiger partial charge in [0.05, 0.1) is 11.1 Å². The molecule has 0 aliphatic carbocycles. The normalized spacial score (nSPS) is 12.8. The molecule has 30 heavy (non-hydrogen) atoms. The maximum Gasteiger partial charge on any atom is 0.330 e. The zero-order valence-corrected chi connectivity index (χ0v) is 17.7. The van der Waals surface area contributed by atoms with Gasteiger partial charge in [-0.15, -0.1) is 0 Å². The molecule has 1 aliphatic rings. The fraction of sp³-hybridized carbons (Fsp3) is 0.381. The minimum absolute atomic E-state index is 0.215. The molecule has 2 aromatic rings. The number of imide groups is 1. The van der Waals surface area contributed by atoms with E-state index in [1.165, 1.54) is 16.8 Å². The van der Waals surface area contributed by atoms with Crippen LogP contribution in [-0.4, -0.2) is 45.0 Å². The van der Waals surface area contributed by atoms with Crippen LogP contribution in [0, 0.1) is 0 Å². The van der Waals surface area contributed by atoms with Gasteiger partial charge < -0.3 is 0 Å². The number of nitrogens with zero attached hydrogens (tertiary/aromatic N) is 3. The lowest BCUT2D eigenvalue weighted by atomic mass is 10.1. The van der Waals surface area contributed by atoms with Crippen LogP contribution in [0.3, 0.4) is 0 Å². The zero-order chi connectivity index (χ0) is 21.3. The molecule has 1 aromatic heterocycles. The first-order valence-corrected chi connectivity index (χ1v) is 11.0. The van der Waals surface area contributed by atoms with Crippen molar-refractivity contribution in [2.45, 2.75) is 39.0 Å². The zero-order valence-electron chi connectivity index (χ0n) is 16.9. The molecule has 0 atom stereocenters. The van der Waals surface area contributed by atoms with Crippen molar-refractivity contribution in [2.24, 2.45) is 0 Å². The fourth-order valence-electron chi connectivity index (χ4n) is 3.12. The quantitative estimate of drug-likeness (QED) is 0.341. The Hall–Kier alpha value is -2.94. The van der Waals surface area contributed by atoms with E-state index in [2.05, 4.69) is 20.0 Å². The highest BCUT2D eigenvalue weighted by atomic mass is 32.2. The highest BCUT2D eigenvalue weighted by Crippen LogP contribution is 2.22. The van der Waals surface area contributed by atoms with Gasteiger partial charge in [0.1, 0.15) is 11.6 Å². The number of unbranched alkanes of at least 4 members (excludes halogenated alkanes) is 2. The molecular weight excluding hydrogens is 402 g/mol. The van der Waals surface area contributed by atoms with E-state index >= 15 is 0 Å². The number of anilines is 1. The number of benzene rings is 1. The number of hydrogen-bond donors (Lipinski definition) is 2. The molecule has 3 rings (SSSR count). The van der Waals surface area contributed by atoms with Crippen LogP contribution in [0.5, 0.6) is 0 Å². The standard InChI is InChI=1S/C21H25N5O3S/c1-2-14-30-25-21(29)24-18-11-12-22-17(23-18)10-4-3-7-13-26-19(27)15-8-5-6-9-16(15)20(26)28/h5-6,8-9,11-12H,2-4,7,10,13-14H2,1H3,(H2,22,23,24,25,29). The number of aryl methyl sites for hydroxylation is 1. The summed E-state index contributed by atoms with van der Waals surface area (Å²) < 4.78 is 2.70. The van der Waals surface area contributed by atoms with Crippen LogP contribution in [0.4, 0.5) is 10.6 Å². The number of nitrogens with one attached hydrogen (secondary N) is 2. The number of carbonyl (C=O) groups is 3. The summed E-state index contributed by atoms with van der Waals surface area (Å²) in [5.41, 5.74) is 0.967. The maximum atomic E-state index is 12.3. The summed E-state index contributed by atoms with van der Waals surface area (Å²) in [7, 11) is 0. The average molecular weight is 428 g/mol. The third-order valence-electron chi connectivity index (χ3n) is 4.58. The average Bonchev–Trinajstić information content (AvgIpc) is 2.99. The van der Waals surface area contributed by atoms with Crippen LogP contribution in [0.1, 0.15) is 59.1 Å². The molecule has 1 aromatic carbocycles. The van der Waals surface area contributed by atoms with Crippen molar-refractivity contribution in [3.63, 3.8) is 0 Å². The Morgan fingerprint density at radius 1 is 1.07 bits per heavy atom. The van der Waals surface area contributed by atoms with Gasteiger partial charge in [-0.1, -0.05) is 25.5 Å². The van der Waals surface area contributed by atoms with Crippen LogP contribution in [0.25, 0.3) is 0 Å². The molecule has 0 radical (unpaired) electrons. The van der Waals surface area contributed by atoms with Crippen LogP contribution in [0.15, 0.2) is 36.5 Å². The number of hydrogen-bond acceptors (Lipinski definition) is 6. The van der Waals surface area contributed by atoms with Crippen molar-refractivity contribution >= 4 is 35.6 Å². The lowest BCUT2D eigenvalue weighted by molar-refractivity contribution is 0.0651. The SMILES string of the molecule is CCCSNC(=O)Nc1ccnc(CCCCCN2C(=O)c3ccccc3C2=O)n1. The molecule has 8 nitrogen and oxygen atoms in total. The first-order valence-electron chi connectivity index (χ1n) is 10.1. The van der Waals surface area contributed by atoms with Crippen molar-refractivity contribution in [2.75, 3.05) is 17.6 Å². The summed E-state index contributed by atoms with van der Waals surface area (Å²) in [5, 5.41) is 2.69. The van der Waals surface area contributed by atoms with Crippen LogP contribution in [0.2, 0.25) is 0 Å². The summed E-state index contributed by atoms with van der Waals surface area (Å²) in [4.78, 5) is 46.4. The lowest BCUT2D eigenvalue weighted by Crippen LogP contribution is -2.30. The number of urea groups is 1. The second kappa shape index (κ2) is 10.7. The minimum Gasteiger partial charge on any atom is -0.292 e. The van der Waals surface area contributed by atoms with E-state index in [1.54, 1.807) is 36.5 Å². The van der Waals surface area contributed by atoms with Crippen molar-refractivity contribution in [3.8, 4) is 0 Å². The van der Waals surface area contributed by atoms with Crippen molar-refractivity contribution in [1.29, 1.82) is 0 Å². The lowest BCUT2D eigenvalue weighted by Gasteiger charge is -2.13. The monoisotopic (exact) mass is 427 g/mol. The molecule has 1 aliphatic heterocycles. The first kappa shape index (κ1) is 21.8. The number of amides is 4. The van der Waals surface area contributed by atoms with Crippen molar-refractivity contribution in [1.82, 2.24) is 19.6 Å². The van der Waals surface area contributed by atoms with E-state index in [0.717, 1.165) is 31.4 Å². The highest BCUT2D eigenvalue weighted by molar-refractivity contribution is 7.97. The predicted octanol–water partition coefficient (Wildman–Crippen LogP) is 3.67. The summed E-state index contributed by atoms with van der Waals surface area (Å²) in [6.45, 7) is 2.45. The van der Waals surface area contributed by atoms with E-state index in [1.807, 2.05) is 6.92 Å². The number of rotatable bonds is 10. The van der Waals surface area contributed by atoms with E-state index in [0.29, 0.717) is 35.7 Å². The Morgan fingerprint density at radius 3 is 2.50 bits per heavy atom. The third kappa shape index (κ3) is 5.56. The molecule has 2 N–H and O–H groups in total. The minimum atomic E-state index is -0.306. The van der Waals surface area contributed by atoms with Crippen LogP contribution in [-0.2, 0) is 6.42 Å². The third-order valence-corrected chi connectivity index (χ3v) is 5.52.